The molecule has 9 heteroatoms. The molecule has 2 heterocycles. The molecule has 1 aromatic heterocycles. The highest BCUT2D eigenvalue weighted by Crippen LogP contribution is 2.33. The summed E-state index contributed by atoms with van der Waals surface area (Å²) < 4.78 is 30.4. The van der Waals surface area contributed by atoms with Gasteiger partial charge in [0.25, 0.3) is 5.91 Å². The molecule has 1 N–H and O–H groups in total. The molecule has 0 atom stereocenters. The van der Waals surface area contributed by atoms with Crippen molar-refractivity contribution in [3.05, 3.63) is 4.88 Å². The Morgan fingerprint density at radius 2 is 2.10 bits per heavy atom. The summed E-state index contributed by atoms with van der Waals surface area (Å²) in [5.74, 6) is -1.89. The number of thiazole rings is 1. The fourth-order valence-corrected chi connectivity index (χ4v) is 3.49. The number of aromatic nitrogens is 1. The lowest BCUT2D eigenvalue weighted by Crippen LogP contribution is -2.25. The Kier molecular flexibility index (Phi) is 5.65. The number of ether oxygens (including phenoxy) is 1. The van der Waals surface area contributed by atoms with Crippen molar-refractivity contribution >= 4 is 40.6 Å². The Hall–Kier alpha value is -1.06. The second kappa shape index (κ2) is 7.28. The van der Waals surface area contributed by atoms with Crippen LogP contribution in [0.5, 0.6) is 0 Å². The maximum absolute atomic E-state index is 12.5. The van der Waals surface area contributed by atoms with E-state index in [-0.39, 0.29) is 22.4 Å². The Morgan fingerprint density at radius 3 is 2.67 bits per heavy atom. The molecule has 0 aromatic carbocycles. The maximum Gasteiger partial charge on any atom is 0.315 e. The molecule has 0 aliphatic carbocycles. The first-order valence-electron chi connectivity index (χ1n) is 6.28. The van der Waals surface area contributed by atoms with Gasteiger partial charge in [-0.15, -0.1) is 11.3 Å². The van der Waals surface area contributed by atoms with E-state index in [1.807, 2.05) is 5.32 Å². The van der Waals surface area contributed by atoms with Crippen LogP contribution in [-0.4, -0.2) is 42.6 Å². The molecule has 0 bridgehead atoms. The van der Waals surface area contributed by atoms with E-state index in [0.717, 1.165) is 11.3 Å². The quantitative estimate of drug-likeness (QED) is 0.661. The molecular weight excluding hydrogens is 322 g/mol. The highest BCUT2D eigenvalue weighted by Gasteiger charge is 2.29. The van der Waals surface area contributed by atoms with Crippen molar-refractivity contribution in [2.45, 2.75) is 23.6 Å². The van der Waals surface area contributed by atoms with Gasteiger partial charge in [0, 0.05) is 19.1 Å². The van der Waals surface area contributed by atoms with Gasteiger partial charge in [0.2, 0.25) is 0 Å². The molecule has 1 fully saturated rings. The van der Waals surface area contributed by atoms with E-state index >= 15 is 0 Å². The Labute approximate surface area is 128 Å². The second-order valence-electron chi connectivity index (χ2n) is 4.40. The summed E-state index contributed by atoms with van der Waals surface area (Å²) in [5, 5.41) is 2.03. The van der Waals surface area contributed by atoms with Gasteiger partial charge in [0.05, 0.1) is 0 Å². The van der Waals surface area contributed by atoms with Gasteiger partial charge < -0.3 is 10.1 Å². The Morgan fingerprint density at radius 1 is 1.43 bits per heavy atom. The van der Waals surface area contributed by atoms with Crippen molar-refractivity contribution < 1.29 is 23.1 Å². The van der Waals surface area contributed by atoms with Gasteiger partial charge in [-0.05, 0) is 19.1 Å². The van der Waals surface area contributed by atoms with Crippen LogP contribution in [0.3, 0.4) is 0 Å². The predicted octanol–water partition coefficient (Wildman–Crippen LogP) is 2.68. The molecule has 1 aliphatic heterocycles. The SMILES string of the molecule is CSc1nc(NC(=O)C(F)F)c(C(=O)C2CCOCC2)s1. The number of ketones is 1. The number of nitrogens with one attached hydrogen (secondary N) is 1. The lowest BCUT2D eigenvalue weighted by molar-refractivity contribution is -0.126. The van der Waals surface area contributed by atoms with Crippen LogP contribution < -0.4 is 5.32 Å². The van der Waals surface area contributed by atoms with Crippen LogP contribution in [0.4, 0.5) is 14.6 Å². The van der Waals surface area contributed by atoms with E-state index in [2.05, 4.69) is 4.98 Å². The van der Waals surface area contributed by atoms with Crippen molar-refractivity contribution in [1.82, 2.24) is 4.98 Å². The maximum atomic E-state index is 12.5. The summed E-state index contributed by atoms with van der Waals surface area (Å²) in [6.45, 7) is 1.01. The first kappa shape index (κ1) is 16.3. The van der Waals surface area contributed by atoms with Gasteiger partial charge in [-0.3, -0.25) is 9.59 Å². The number of hydrogen-bond acceptors (Lipinski definition) is 6. The van der Waals surface area contributed by atoms with Crippen LogP contribution in [0.1, 0.15) is 22.5 Å². The van der Waals surface area contributed by atoms with Crippen LogP contribution in [0.2, 0.25) is 0 Å². The minimum absolute atomic E-state index is 0.0638. The summed E-state index contributed by atoms with van der Waals surface area (Å²) in [6, 6.07) is 0. The van der Waals surface area contributed by atoms with E-state index in [4.69, 9.17) is 4.74 Å². The van der Waals surface area contributed by atoms with Gasteiger partial charge in [0.1, 0.15) is 4.88 Å². The molecule has 0 spiro atoms. The normalized spacial score (nSPS) is 16.2. The van der Waals surface area contributed by atoms with Gasteiger partial charge in [-0.2, -0.15) is 8.78 Å². The van der Waals surface area contributed by atoms with Crippen LogP contribution in [0.25, 0.3) is 0 Å². The number of thioether (sulfide) groups is 1. The highest BCUT2D eigenvalue weighted by molar-refractivity contribution is 8.00. The number of amides is 1. The number of nitrogens with zero attached hydrogens (tertiary/aromatic N) is 1. The Balaban J connectivity index is 2.22. The van der Waals surface area contributed by atoms with Crippen LogP contribution in [-0.2, 0) is 9.53 Å². The molecule has 5 nitrogen and oxygen atoms in total. The molecule has 1 aromatic rings. The lowest BCUT2D eigenvalue weighted by atomic mass is 9.94. The minimum atomic E-state index is -3.14. The Bertz CT molecular complexity index is 531. The number of halogens is 2. The van der Waals surface area contributed by atoms with Crippen LogP contribution in [0, 0.1) is 5.92 Å². The van der Waals surface area contributed by atoms with Gasteiger partial charge in [-0.1, -0.05) is 11.8 Å². The van der Waals surface area contributed by atoms with Crippen molar-refractivity contribution in [2.75, 3.05) is 24.8 Å². The molecule has 2 rings (SSSR count). The monoisotopic (exact) mass is 336 g/mol. The van der Waals surface area contributed by atoms with Crippen molar-refractivity contribution in [2.24, 2.45) is 5.92 Å². The molecule has 21 heavy (non-hydrogen) atoms. The van der Waals surface area contributed by atoms with Gasteiger partial charge >= 0.3 is 6.43 Å². The van der Waals surface area contributed by atoms with Crippen LogP contribution >= 0.6 is 23.1 Å². The number of Topliss-reactive ketones (excluding diaryl/α,β-unsaturated/α-hetero) is 1. The fraction of sp³-hybridized carbons (Fsp3) is 0.583. The first-order valence-corrected chi connectivity index (χ1v) is 8.32. The largest absolute Gasteiger partial charge is 0.381 e. The zero-order valence-corrected chi connectivity index (χ0v) is 12.9. The van der Waals surface area contributed by atoms with E-state index in [1.165, 1.54) is 11.8 Å². The third-order valence-electron chi connectivity index (χ3n) is 3.04. The van der Waals surface area contributed by atoms with E-state index in [9.17, 15) is 18.4 Å². The third kappa shape index (κ3) is 3.98. The second-order valence-corrected chi connectivity index (χ2v) is 6.45. The molecule has 1 aliphatic rings. The number of carbonyl (C=O) groups is 2. The molecule has 0 unspecified atom stereocenters. The molecule has 0 radical (unpaired) electrons. The predicted molar refractivity (Wildman–Crippen MR) is 76.4 cm³/mol. The average Bonchev–Trinajstić information content (AvgIpc) is 2.90. The van der Waals surface area contributed by atoms with E-state index < -0.39 is 12.3 Å². The fourth-order valence-electron chi connectivity index (χ4n) is 1.96. The smallest absolute Gasteiger partial charge is 0.315 e. The van der Waals surface area contributed by atoms with Gasteiger partial charge in [0.15, 0.2) is 15.9 Å². The molecular formula is C12H14F2N2O3S2. The zero-order valence-electron chi connectivity index (χ0n) is 11.2. The number of alkyl halides is 2. The number of rotatable bonds is 5. The molecule has 116 valence electrons. The molecule has 0 saturated carbocycles. The number of hydrogen-bond donors (Lipinski definition) is 1. The topological polar surface area (TPSA) is 68.3 Å². The van der Waals surface area contributed by atoms with E-state index in [0.29, 0.717) is 30.4 Å². The van der Waals surface area contributed by atoms with Gasteiger partial charge in [-0.25, -0.2) is 4.98 Å². The molecule has 1 amide bonds. The summed E-state index contributed by atoms with van der Waals surface area (Å²) in [6.07, 6.45) is -0.197. The molecule has 1 saturated heterocycles. The van der Waals surface area contributed by atoms with Crippen LogP contribution in [0.15, 0.2) is 4.34 Å². The summed E-state index contributed by atoms with van der Waals surface area (Å²) in [7, 11) is 0. The average molecular weight is 336 g/mol. The highest BCUT2D eigenvalue weighted by atomic mass is 32.2. The summed E-state index contributed by atoms with van der Waals surface area (Å²) in [5.41, 5.74) is 0. The number of carbonyl (C=O) groups excluding carboxylic acids is 2. The van der Waals surface area contributed by atoms with E-state index in [1.54, 1.807) is 6.26 Å². The standard InChI is InChI=1S/C12H14F2N2O3S2/c1-20-12-16-10(15-11(18)9(13)14)8(21-12)7(17)6-2-4-19-5-3-6/h6,9H,2-5H2,1H3,(H,15,18). The summed E-state index contributed by atoms with van der Waals surface area (Å²) in [4.78, 5) is 27.9. The lowest BCUT2D eigenvalue weighted by Gasteiger charge is -2.20. The van der Waals surface area contributed by atoms with Crippen molar-refractivity contribution in [3.63, 3.8) is 0 Å². The zero-order chi connectivity index (χ0) is 15.4. The summed E-state index contributed by atoms with van der Waals surface area (Å²) >= 11 is 2.41. The van der Waals surface area contributed by atoms with Crippen molar-refractivity contribution in [3.8, 4) is 0 Å². The third-order valence-corrected chi connectivity index (χ3v) is 5.09. The minimum Gasteiger partial charge on any atom is -0.381 e. The van der Waals surface area contributed by atoms with Crippen molar-refractivity contribution in [1.29, 1.82) is 0 Å². The number of anilines is 1. The first-order chi connectivity index (χ1) is 10.0.